The maximum absolute atomic E-state index is 13.0. The van der Waals surface area contributed by atoms with E-state index in [1.54, 1.807) is 30.3 Å². The molecule has 154 valence electrons. The Morgan fingerprint density at radius 1 is 1.20 bits per heavy atom. The first-order valence-corrected chi connectivity index (χ1v) is 10.1. The molecule has 0 radical (unpaired) electrons. The average Bonchev–Trinajstić information content (AvgIpc) is 3.12. The van der Waals surface area contributed by atoms with Crippen molar-refractivity contribution in [3.05, 3.63) is 82.0 Å². The van der Waals surface area contributed by atoms with E-state index in [0.29, 0.717) is 27.5 Å². The standard InChI is InChI=1S/C20H14ClF3N4OS/c1-2-7-28-18(29)14-5-3-4-6-16(14)26-19(28)30-11-13-10-27-9-12(20(22,23)24)8-15(21)17(27)25-13/h2-6,8-10H,1,7,11H2. The molecule has 30 heavy (non-hydrogen) atoms. The minimum atomic E-state index is -4.51. The first kappa shape index (κ1) is 20.5. The highest BCUT2D eigenvalue weighted by Gasteiger charge is 2.31. The van der Waals surface area contributed by atoms with Gasteiger partial charge in [-0.3, -0.25) is 9.36 Å². The fraction of sp³-hybridized carbons (Fsp3) is 0.150. The molecule has 0 aliphatic carbocycles. The number of halogens is 4. The number of hydrogen-bond acceptors (Lipinski definition) is 4. The monoisotopic (exact) mass is 450 g/mol. The summed E-state index contributed by atoms with van der Waals surface area (Å²) in [7, 11) is 0. The first-order valence-electron chi connectivity index (χ1n) is 8.75. The largest absolute Gasteiger partial charge is 0.417 e. The van der Waals surface area contributed by atoms with Gasteiger partial charge in [0, 0.05) is 24.7 Å². The second-order valence-electron chi connectivity index (χ2n) is 6.44. The SMILES string of the molecule is C=CCn1c(SCc2cn3cc(C(F)(F)F)cc(Cl)c3n2)nc2ccccc2c1=O. The Balaban J connectivity index is 1.69. The molecule has 0 unspecified atom stereocenters. The average molecular weight is 451 g/mol. The minimum absolute atomic E-state index is 0.0894. The summed E-state index contributed by atoms with van der Waals surface area (Å²) < 4.78 is 41.8. The van der Waals surface area contributed by atoms with Gasteiger partial charge in [-0.05, 0) is 18.2 Å². The van der Waals surface area contributed by atoms with Crippen molar-refractivity contribution in [3.8, 4) is 0 Å². The fourth-order valence-corrected chi connectivity index (χ4v) is 4.17. The number of para-hydroxylation sites is 1. The van der Waals surface area contributed by atoms with E-state index >= 15 is 0 Å². The molecule has 10 heteroatoms. The number of imidazole rings is 1. The highest BCUT2D eigenvalue weighted by molar-refractivity contribution is 7.98. The molecule has 0 fully saturated rings. The molecule has 0 saturated heterocycles. The van der Waals surface area contributed by atoms with Gasteiger partial charge in [-0.15, -0.1) is 6.58 Å². The molecule has 4 rings (SSSR count). The summed E-state index contributed by atoms with van der Waals surface area (Å²) in [6, 6.07) is 7.88. The molecule has 0 spiro atoms. The van der Waals surface area contributed by atoms with Crippen LogP contribution in [0.2, 0.25) is 5.02 Å². The number of nitrogens with zero attached hydrogens (tertiary/aromatic N) is 4. The number of rotatable bonds is 5. The van der Waals surface area contributed by atoms with Crippen LogP contribution in [0.3, 0.4) is 0 Å². The first-order chi connectivity index (χ1) is 14.3. The topological polar surface area (TPSA) is 52.2 Å². The van der Waals surface area contributed by atoms with Crippen molar-refractivity contribution in [2.45, 2.75) is 23.6 Å². The quantitative estimate of drug-likeness (QED) is 0.238. The fourth-order valence-electron chi connectivity index (χ4n) is 3.02. The van der Waals surface area contributed by atoms with Crippen molar-refractivity contribution in [2.75, 3.05) is 0 Å². The second kappa shape index (κ2) is 7.81. The molecule has 5 nitrogen and oxygen atoms in total. The van der Waals surface area contributed by atoms with E-state index in [1.807, 2.05) is 0 Å². The molecular weight excluding hydrogens is 437 g/mol. The van der Waals surface area contributed by atoms with Gasteiger partial charge in [-0.1, -0.05) is 41.6 Å². The minimum Gasteiger partial charge on any atom is -0.305 e. The summed E-state index contributed by atoms with van der Waals surface area (Å²) in [5.74, 6) is 0.293. The number of benzene rings is 1. The molecule has 0 saturated carbocycles. The smallest absolute Gasteiger partial charge is 0.305 e. The third-order valence-electron chi connectivity index (χ3n) is 4.37. The van der Waals surface area contributed by atoms with Gasteiger partial charge in [0.2, 0.25) is 0 Å². The second-order valence-corrected chi connectivity index (χ2v) is 7.79. The molecule has 3 heterocycles. The van der Waals surface area contributed by atoms with Gasteiger partial charge >= 0.3 is 6.18 Å². The molecule has 0 bridgehead atoms. The van der Waals surface area contributed by atoms with E-state index in [0.717, 1.165) is 12.3 Å². The zero-order valence-electron chi connectivity index (χ0n) is 15.4. The lowest BCUT2D eigenvalue weighted by molar-refractivity contribution is -0.137. The van der Waals surface area contributed by atoms with Crippen LogP contribution < -0.4 is 5.56 Å². The third-order valence-corrected chi connectivity index (χ3v) is 5.66. The van der Waals surface area contributed by atoms with Crippen LogP contribution in [0.15, 0.2) is 65.3 Å². The number of aromatic nitrogens is 4. The van der Waals surface area contributed by atoms with Crippen LogP contribution >= 0.6 is 23.4 Å². The van der Waals surface area contributed by atoms with Crippen molar-refractivity contribution in [1.29, 1.82) is 0 Å². The van der Waals surface area contributed by atoms with Gasteiger partial charge in [-0.2, -0.15) is 13.2 Å². The Kier molecular flexibility index (Phi) is 5.33. The molecule has 0 atom stereocenters. The van der Waals surface area contributed by atoms with E-state index in [2.05, 4.69) is 16.5 Å². The van der Waals surface area contributed by atoms with Gasteiger partial charge in [0.25, 0.3) is 5.56 Å². The summed E-state index contributed by atoms with van der Waals surface area (Å²) >= 11 is 7.26. The van der Waals surface area contributed by atoms with Crippen LogP contribution in [0.5, 0.6) is 0 Å². The van der Waals surface area contributed by atoms with E-state index in [-0.39, 0.29) is 22.8 Å². The molecule has 1 aromatic carbocycles. The lowest BCUT2D eigenvalue weighted by Gasteiger charge is -2.10. The van der Waals surface area contributed by atoms with E-state index in [4.69, 9.17) is 11.6 Å². The number of alkyl halides is 3. The maximum Gasteiger partial charge on any atom is 0.417 e. The van der Waals surface area contributed by atoms with Crippen LogP contribution in [-0.4, -0.2) is 18.9 Å². The van der Waals surface area contributed by atoms with Crippen molar-refractivity contribution < 1.29 is 13.2 Å². The molecule has 0 aliphatic heterocycles. The Labute approximate surface area is 177 Å². The third kappa shape index (κ3) is 3.82. The zero-order chi connectivity index (χ0) is 21.5. The van der Waals surface area contributed by atoms with Crippen LogP contribution in [0, 0.1) is 0 Å². The van der Waals surface area contributed by atoms with E-state index in [1.165, 1.54) is 26.9 Å². The molecule has 4 aromatic rings. The van der Waals surface area contributed by atoms with Gasteiger partial charge in [0.05, 0.1) is 27.2 Å². The highest BCUT2D eigenvalue weighted by Crippen LogP contribution is 2.32. The number of allylic oxidation sites excluding steroid dienone is 1. The molecule has 0 N–H and O–H groups in total. The van der Waals surface area contributed by atoms with Crippen LogP contribution in [-0.2, 0) is 18.5 Å². The van der Waals surface area contributed by atoms with Crippen molar-refractivity contribution in [1.82, 2.24) is 18.9 Å². The van der Waals surface area contributed by atoms with Crippen LogP contribution in [0.4, 0.5) is 13.2 Å². The van der Waals surface area contributed by atoms with Gasteiger partial charge < -0.3 is 4.40 Å². The van der Waals surface area contributed by atoms with E-state index in [9.17, 15) is 18.0 Å². The Morgan fingerprint density at radius 3 is 2.70 bits per heavy atom. The van der Waals surface area contributed by atoms with Crippen molar-refractivity contribution in [2.24, 2.45) is 0 Å². The van der Waals surface area contributed by atoms with Crippen molar-refractivity contribution in [3.63, 3.8) is 0 Å². The van der Waals surface area contributed by atoms with E-state index < -0.39 is 11.7 Å². The Morgan fingerprint density at radius 2 is 1.97 bits per heavy atom. The van der Waals surface area contributed by atoms with Crippen LogP contribution in [0.25, 0.3) is 16.6 Å². The summed E-state index contributed by atoms with van der Waals surface area (Å²) in [4.78, 5) is 21.7. The van der Waals surface area contributed by atoms with Crippen molar-refractivity contribution >= 4 is 39.9 Å². The lowest BCUT2D eigenvalue weighted by atomic mass is 10.2. The zero-order valence-corrected chi connectivity index (χ0v) is 16.9. The van der Waals surface area contributed by atoms with Gasteiger partial charge in [0.1, 0.15) is 0 Å². The predicted molar refractivity (Wildman–Crippen MR) is 111 cm³/mol. The summed E-state index contributed by atoms with van der Waals surface area (Å²) in [5, 5.41) is 0.883. The number of hydrogen-bond donors (Lipinski definition) is 0. The Bertz CT molecular complexity index is 1330. The maximum atomic E-state index is 13.0. The highest BCUT2D eigenvalue weighted by atomic mass is 35.5. The molecule has 0 amide bonds. The number of pyridine rings is 1. The Hall–Kier alpha value is -2.78. The summed E-state index contributed by atoms with van der Waals surface area (Å²) in [5.41, 5.74) is 0.269. The summed E-state index contributed by atoms with van der Waals surface area (Å²) in [6.07, 6.45) is -0.469. The molecule has 0 aliphatic rings. The predicted octanol–water partition coefficient (Wildman–Crippen LogP) is 5.19. The van der Waals surface area contributed by atoms with Gasteiger partial charge in [-0.25, -0.2) is 9.97 Å². The summed E-state index contributed by atoms with van der Waals surface area (Å²) in [6.45, 7) is 3.97. The number of fused-ring (bicyclic) bond motifs is 2. The molecular formula is C20H14ClF3N4OS. The van der Waals surface area contributed by atoms with Crippen LogP contribution in [0.1, 0.15) is 11.3 Å². The lowest BCUT2D eigenvalue weighted by Crippen LogP contribution is -2.22. The number of thioether (sulfide) groups is 1. The van der Waals surface area contributed by atoms with Gasteiger partial charge in [0.15, 0.2) is 10.8 Å². The molecule has 3 aromatic heterocycles. The normalized spacial score (nSPS) is 12.0.